The number of amides is 1. The predicted octanol–water partition coefficient (Wildman–Crippen LogP) is 6.85. The van der Waals surface area contributed by atoms with Crippen molar-refractivity contribution >= 4 is 79.0 Å². The molecule has 2 aromatic carbocycles. The third-order valence-corrected chi connectivity index (χ3v) is 6.80. The Balaban J connectivity index is 1.74. The molecule has 4 nitrogen and oxygen atoms in total. The van der Waals surface area contributed by atoms with Crippen LogP contribution in [0, 0.1) is 20.8 Å². The lowest BCUT2D eigenvalue weighted by molar-refractivity contribution is -0.118. The van der Waals surface area contributed by atoms with E-state index in [2.05, 4.69) is 10.3 Å². The Morgan fingerprint density at radius 3 is 2.33 bits per heavy atom. The average Bonchev–Trinajstić information content (AvgIpc) is 2.99. The molecular weight excluding hydrogens is 450 g/mol. The summed E-state index contributed by atoms with van der Waals surface area (Å²) < 4.78 is 6.49. The van der Waals surface area contributed by atoms with Crippen LogP contribution in [0.4, 0.5) is 5.13 Å². The number of thiazole rings is 1. The molecular formula is C18H14Cl4N2O2S. The number of aromatic nitrogens is 1. The molecule has 0 saturated heterocycles. The maximum absolute atomic E-state index is 12.2. The van der Waals surface area contributed by atoms with E-state index in [1.807, 2.05) is 13.0 Å². The molecule has 0 spiro atoms. The van der Waals surface area contributed by atoms with Gasteiger partial charge in [0.1, 0.15) is 0 Å². The van der Waals surface area contributed by atoms with E-state index in [9.17, 15) is 4.79 Å². The highest BCUT2D eigenvalue weighted by Crippen LogP contribution is 2.42. The highest BCUT2D eigenvalue weighted by Gasteiger charge is 2.19. The van der Waals surface area contributed by atoms with Gasteiger partial charge >= 0.3 is 0 Å². The summed E-state index contributed by atoms with van der Waals surface area (Å²) in [5.41, 5.74) is 2.97. The molecule has 1 heterocycles. The maximum atomic E-state index is 12.2. The monoisotopic (exact) mass is 462 g/mol. The predicted molar refractivity (Wildman–Crippen MR) is 114 cm³/mol. The van der Waals surface area contributed by atoms with Crippen LogP contribution in [0.5, 0.6) is 5.75 Å². The molecule has 1 amide bonds. The minimum absolute atomic E-state index is 0.236. The highest BCUT2D eigenvalue weighted by atomic mass is 35.5. The van der Waals surface area contributed by atoms with Crippen molar-refractivity contribution in [2.24, 2.45) is 0 Å². The molecule has 0 unspecified atom stereocenters. The number of nitrogens with zero attached hydrogens (tertiary/aromatic N) is 1. The first kappa shape index (κ1) is 20.5. The van der Waals surface area contributed by atoms with Crippen LogP contribution in [0.1, 0.15) is 16.7 Å². The van der Waals surface area contributed by atoms with E-state index in [-0.39, 0.29) is 28.3 Å². The van der Waals surface area contributed by atoms with E-state index >= 15 is 0 Å². The smallest absolute Gasteiger partial charge is 0.264 e. The Morgan fingerprint density at radius 1 is 1.07 bits per heavy atom. The zero-order chi connectivity index (χ0) is 19.9. The standard InChI is InChI=1S/C18H14Cl4N2O2S/c1-7-4-12-11(5-10(7)19)23-18(27-12)24-13(25)6-26-17-15(21)8(2)14(20)9(3)16(17)22/h4-5H,6H2,1-3H3,(H,23,24,25). The molecule has 0 bridgehead atoms. The van der Waals surface area contributed by atoms with E-state index in [4.69, 9.17) is 51.1 Å². The second kappa shape index (κ2) is 8.02. The van der Waals surface area contributed by atoms with Gasteiger partial charge < -0.3 is 4.74 Å². The van der Waals surface area contributed by atoms with E-state index in [0.29, 0.717) is 26.3 Å². The Bertz CT molecular complexity index is 997. The summed E-state index contributed by atoms with van der Waals surface area (Å²) in [7, 11) is 0. The number of halogens is 4. The molecule has 0 aliphatic heterocycles. The van der Waals surface area contributed by atoms with Gasteiger partial charge in [-0.3, -0.25) is 10.1 Å². The number of carbonyl (C=O) groups is 1. The van der Waals surface area contributed by atoms with Crippen LogP contribution < -0.4 is 10.1 Å². The van der Waals surface area contributed by atoms with E-state index in [0.717, 1.165) is 15.8 Å². The molecule has 9 heteroatoms. The number of aryl methyl sites for hydroxylation is 1. The second-order valence-electron chi connectivity index (χ2n) is 5.95. The van der Waals surface area contributed by atoms with Crippen LogP contribution in [0.15, 0.2) is 12.1 Å². The summed E-state index contributed by atoms with van der Waals surface area (Å²) in [4.78, 5) is 16.6. The number of hydrogen-bond donors (Lipinski definition) is 1. The van der Waals surface area contributed by atoms with Gasteiger partial charge in [0.2, 0.25) is 0 Å². The lowest BCUT2D eigenvalue weighted by Gasteiger charge is -2.15. The third kappa shape index (κ3) is 4.13. The number of hydrogen-bond acceptors (Lipinski definition) is 4. The van der Waals surface area contributed by atoms with Crippen LogP contribution in [0.25, 0.3) is 10.2 Å². The van der Waals surface area contributed by atoms with E-state index in [1.165, 1.54) is 11.3 Å². The fourth-order valence-corrected chi connectivity index (χ4v) is 4.38. The second-order valence-corrected chi connectivity index (χ2v) is 8.52. The summed E-state index contributed by atoms with van der Waals surface area (Å²) in [5.74, 6) is -0.145. The van der Waals surface area contributed by atoms with Gasteiger partial charge in [0.15, 0.2) is 17.5 Å². The Morgan fingerprint density at radius 2 is 1.70 bits per heavy atom. The number of fused-ring (bicyclic) bond motifs is 1. The number of benzene rings is 2. The molecule has 0 aliphatic rings. The number of rotatable bonds is 4. The van der Waals surface area contributed by atoms with Gasteiger partial charge in [0.05, 0.1) is 20.3 Å². The van der Waals surface area contributed by atoms with Gasteiger partial charge in [-0.25, -0.2) is 4.98 Å². The van der Waals surface area contributed by atoms with Crippen LogP contribution in [0.3, 0.4) is 0 Å². The number of anilines is 1. The van der Waals surface area contributed by atoms with Crippen molar-refractivity contribution in [1.29, 1.82) is 0 Å². The Hall–Kier alpha value is -1.24. The van der Waals surface area contributed by atoms with Crippen LogP contribution >= 0.6 is 57.7 Å². The maximum Gasteiger partial charge on any atom is 0.264 e. The highest BCUT2D eigenvalue weighted by molar-refractivity contribution is 7.22. The van der Waals surface area contributed by atoms with Crippen molar-refractivity contribution in [1.82, 2.24) is 4.98 Å². The molecule has 27 heavy (non-hydrogen) atoms. The lowest BCUT2D eigenvalue weighted by Crippen LogP contribution is -2.20. The summed E-state index contributed by atoms with van der Waals surface area (Å²) in [6, 6.07) is 3.70. The van der Waals surface area contributed by atoms with Gasteiger partial charge in [0, 0.05) is 10.0 Å². The number of carbonyl (C=O) groups excluding carboxylic acids is 1. The Labute approximate surface area is 180 Å². The minimum atomic E-state index is -0.380. The quantitative estimate of drug-likeness (QED) is 0.460. The summed E-state index contributed by atoms with van der Waals surface area (Å²) in [6.45, 7) is 5.16. The molecule has 0 fully saturated rings. The normalized spacial score (nSPS) is 11.1. The average molecular weight is 464 g/mol. The molecule has 0 atom stereocenters. The fraction of sp³-hybridized carbons (Fsp3) is 0.222. The molecule has 0 saturated carbocycles. The van der Waals surface area contributed by atoms with E-state index < -0.39 is 0 Å². The molecule has 0 radical (unpaired) electrons. The van der Waals surface area contributed by atoms with Crippen molar-refractivity contribution in [2.45, 2.75) is 20.8 Å². The van der Waals surface area contributed by atoms with Crippen molar-refractivity contribution in [3.05, 3.63) is 48.9 Å². The van der Waals surface area contributed by atoms with Crippen molar-refractivity contribution in [3.8, 4) is 5.75 Å². The van der Waals surface area contributed by atoms with Gasteiger partial charge in [-0.05, 0) is 49.6 Å². The molecule has 0 aliphatic carbocycles. The molecule has 1 N–H and O–H groups in total. The first-order chi connectivity index (χ1) is 12.7. The fourth-order valence-electron chi connectivity index (χ4n) is 2.43. The molecule has 3 aromatic rings. The van der Waals surface area contributed by atoms with Gasteiger partial charge in [-0.2, -0.15) is 0 Å². The van der Waals surface area contributed by atoms with Gasteiger partial charge in [0.25, 0.3) is 5.91 Å². The van der Waals surface area contributed by atoms with Crippen molar-refractivity contribution in [3.63, 3.8) is 0 Å². The van der Waals surface area contributed by atoms with Crippen LogP contribution in [0.2, 0.25) is 20.1 Å². The van der Waals surface area contributed by atoms with Gasteiger partial charge in [-0.1, -0.05) is 57.7 Å². The van der Waals surface area contributed by atoms with Crippen LogP contribution in [-0.2, 0) is 4.79 Å². The number of ether oxygens (including phenoxy) is 1. The first-order valence-corrected chi connectivity index (χ1v) is 10.1. The SMILES string of the molecule is Cc1cc2sc(NC(=O)COc3c(Cl)c(C)c(Cl)c(C)c3Cl)nc2cc1Cl. The molecule has 142 valence electrons. The molecule has 1 aromatic heterocycles. The van der Waals surface area contributed by atoms with E-state index in [1.54, 1.807) is 19.9 Å². The summed E-state index contributed by atoms with van der Waals surface area (Å²) in [5, 5.41) is 4.85. The molecule has 3 rings (SSSR count). The summed E-state index contributed by atoms with van der Waals surface area (Å²) in [6.07, 6.45) is 0. The topological polar surface area (TPSA) is 51.2 Å². The van der Waals surface area contributed by atoms with Crippen LogP contribution in [-0.4, -0.2) is 17.5 Å². The zero-order valence-electron chi connectivity index (χ0n) is 14.5. The largest absolute Gasteiger partial charge is 0.481 e. The minimum Gasteiger partial charge on any atom is -0.481 e. The summed E-state index contributed by atoms with van der Waals surface area (Å²) >= 11 is 26.1. The first-order valence-electron chi connectivity index (χ1n) is 7.82. The van der Waals surface area contributed by atoms with Crippen molar-refractivity contribution < 1.29 is 9.53 Å². The van der Waals surface area contributed by atoms with Crippen molar-refractivity contribution in [2.75, 3.05) is 11.9 Å². The Kier molecular flexibility index (Phi) is 6.08. The lowest BCUT2D eigenvalue weighted by atomic mass is 10.1. The number of nitrogens with one attached hydrogen (secondary N) is 1. The third-order valence-electron chi connectivity index (χ3n) is 3.98. The van der Waals surface area contributed by atoms with Gasteiger partial charge in [-0.15, -0.1) is 0 Å². The zero-order valence-corrected chi connectivity index (χ0v) is 18.4.